The normalized spacial score (nSPS) is 14.7. The smallest absolute Gasteiger partial charge is 0.419 e. The van der Waals surface area contributed by atoms with Crippen molar-refractivity contribution in [2.45, 2.75) is 12.7 Å². The number of aromatic nitrogens is 3. The van der Waals surface area contributed by atoms with Crippen molar-refractivity contribution in [3.63, 3.8) is 0 Å². The molecular weight excluding hydrogens is 420 g/mol. The summed E-state index contributed by atoms with van der Waals surface area (Å²) in [5.41, 5.74) is -0.213. The molecule has 0 aliphatic carbocycles. The van der Waals surface area contributed by atoms with E-state index in [2.05, 4.69) is 20.3 Å². The van der Waals surface area contributed by atoms with Gasteiger partial charge in [-0.1, -0.05) is 12.1 Å². The molecule has 7 nitrogen and oxygen atoms in total. The van der Waals surface area contributed by atoms with Gasteiger partial charge >= 0.3 is 12.2 Å². The predicted molar refractivity (Wildman–Crippen MR) is 106 cm³/mol. The van der Waals surface area contributed by atoms with Crippen LogP contribution in [0.3, 0.4) is 0 Å². The Labute approximate surface area is 170 Å². The average molecular weight is 438 g/mol. The molecule has 30 heavy (non-hydrogen) atoms. The molecule has 0 saturated carbocycles. The Morgan fingerprint density at radius 3 is 2.63 bits per heavy atom. The summed E-state index contributed by atoms with van der Waals surface area (Å²) < 4.78 is 63.6. The van der Waals surface area contributed by atoms with E-state index in [1.54, 1.807) is 25.5 Å². The minimum Gasteiger partial charge on any atom is -0.489 e. The van der Waals surface area contributed by atoms with Crippen LogP contribution in [-0.2, 0) is 17.3 Å². The van der Waals surface area contributed by atoms with E-state index in [0.717, 1.165) is 6.07 Å². The van der Waals surface area contributed by atoms with Crippen LogP contribution in [0.5, 0.6) is 11.8 Å². The lowest BCUT2D eigenvalue weighted by molar-refractivity contribution is -0.139. The summed E-state index contributed by atoms with van der Waals surface area (Å²) in [7, 11) is -2.59. The molecule has 0 spiro atoms. The Morgan fingerprint density at radius 2 is 1.90 bits per heavy atom. The number of ether oxygens (including phenoxy) is 2. The summed E-state index contributed by atoms with van der Waals surface area (Å²) >= 11 is 0. The first-order valence-electron chi connectivity index (χ1n) is 9.05. The number of fused-ring (bicyclic) bond motifs is 5. The third kappa shape index (κ3) is 4.05. The van der Waals surface area contributed by atoms with Gasteiger partial charge in [0.15, 0.2) is 5.65 Å². The van der Waals surface area contributed by atoms with Crippen molar-refractivity contribution in [2.24, 2.45) is 0 Å². The highest BCUT2D eigenvalue weighted by molar-refractivity contribution is 7.70. The maximum absolute atomic E-state index is 13.4. The number of benzene rings is 1. The van der Waals surface area contributed by atoms with Crippen LogP contribution < -0.4 is 20.1 Å². The molecule has 2 aromatic heterocycles. The van der Waals surface area contributed by atoms with Crippen molar-refractivity contribution >= 4 is 29.3 Å². The van der Waals surface area contributed by atoms with Gasteiger partial charge in [-0.05, 0) is 25.5 Å². The van der Waals surface area contributed by atoms with E-state index in [4.69, 9.17) is 9.47 Å². The van der Waals surface area contributed by atoms with E-state index in [0.29, 0.717) is 27.7 Å². The fourth-order valence-electron chi connectivity index (χ4n) is 3.05. The predicted octanol–water partition coefficient (Wildman–Crippen LogP) is 3.67. The van der Waals surface area contributed by atoms with Gasteiger partial charge in [-0.25, -0.2) is 4.98 Å². The molecule has 3 heterocycles. The quantitative estimate of drug-likeness (QED) is 0.580. The van der Waals surface area contributed by atoms with Gasteiger partial charge in [-0.15, -0.1) is 0 Å². The Hall–Kier alpha value is -2.87. The first-order valence-corrected chi connectivity index (χ1v) is 11.6. The molecule has 1 aromatic carbocycles. The molecular formula is C19H18F3N4O3P. The Morgan fingerprint density at radius 1 is 1.13 bits per heavy atom. The maximum atomic E-state index is 13.4. The second kappa shape index (κ2) is 7.43. The minimum atomic E-state index is -4.56. The van der Waals surface area contributed by atoms with E-state index in [1.807, 2.05) is 0 Å². The van der Waals surface area contributed by atoms with Crippen LogP contribution in [0.15, 0.2) is 30.5 Å². The summed E-state index contributed by atoms with van der Waals surface area (Å²) in [6, 6.07) is 5.56. The van der Waals surface area contributed by atoms with Gasteiger partial charge < -0.3 is 19.4 Å². The molecule has 3 aromatic rings. The van der Waals surface area contributed by atoms with Crippen LogP contribution in [-0.4, -0.2) is 41.5 Å². The number of hydrogen-bond donors (Lipinski definition) is 1. The molecule has 0 saturated heterocycles. The van der Waals surface area contributed by atoms with Crippen molar-refractivity contribution in [1.29, 1.82) is 0 Å². The van der Waals surface area contributed by atoms with Crippen molar-refractivity contribution in [3.8, 4) is 11.8 Å². The molecule has 158 valence electrons. The minimum absolute atomic E-state index is 0.0188. The summed E-state index contributed by atoms with van der Waals surface area (Å²) in [4.78, 5) is 12.8. The summed E-state index contributed by atoms with van der Waals surface area (Å²) in [5.74, 6) is 0.0712. The van der Waals surface area contributed by atoms with E-state index < -0.39 is 18.9 Å². The van der Waals surface area contributed by atoms with E-state index >= 15 is 0 Å². The number of rotatable bonds is 1. The van der Waals surface area contributed by atoms with Gasteiger partial charge in [-0.2, -0.15) is 23.1 Å². The monoisotopic (exact) mass is 438 g/mol. The van der Waals surface area contributed by atoms with Gasteiger partial charge in [0.05, 0.1) is 10.9 Å². The van der Waals surface area contributed by atoms with Crippen LogP contribution in [0.25, 0.3) is 11.0 Å². The fraction of sp³-hybridized carbons (Fsp3) is 0.316. The van der Waals surface area contributed by atoms with Crippen LogP contribution >= 0.6 is 7.14 Å². The van der Waals surface area contributed by atoms with Gasteiger partial charge in [0.2, 0.25) is 0 Å². The first kappa shape index (κ1) is 20.4. The number of nitrogens with one attached hydrogen (secondary N) is 1. The maximum Gasteiger partial charge on any atom is 0.419 e. The third-order valence-electron chi connectivity index (χ3n) is 4.55. The lowest BCUT2D eigenvalue weighted by Crippen LogP contribution is -2.15. The zero-order chi connectivity index (χ0) is 21.5. The topological polar surface area (TPSA) is 86.2 Å². The van der Waals surface area contributed by atoms with Crippen LogP contribution in [0.4, 0.5) is 19.0 Å². The van der Waals surface area contributed by atoms with Gasteiger partial charge in [0.25, 0.3) is 0 Å². The molecule has 1 N–H and O–H groups in total. The Balaban J connectivity index is 1.81. The van der Waals surface area contributed by atoms with Crippen LogP contribution in [0.2, 0.25) is 0 Å². The van der Waals surface area contributed by atoms with E-state index in [1.165, 1.54) is 12.3 Å². The molecule has 2 bridgehead atoms. The molecule has 0 unspecified atom stereocenters. The number of nitrogens with zero attached hydrogens (tertiary/aromatic N) is 3. The van der Waals surface area contributed by atoms with Crippen molar-refractivity contribution in [1.82, 2.24) is 15.0 Å². The lowest BCUT2D eigenvalue weighted by Gasteiger charge is -2.17. The molecule has 11 heteroatoms. The summed E-state index contributed by atoms with van der Waals surface area (Å²) in [6.07, 6.45) is -3.06. The molecule has 4 rings (SSSR count). The number of halogens is 3. The van der Waals surface area contributed by atoms with Crippen LogP contribution in [0, 0.1) is 0 Å². The SMILES string of the molecule is CP(C)(=O)c1cnc2nc3nc(c2c1)NCc1cccc(C(F)(F)F)c1OCCO3. The third-order valence-corrected chi connectivity index (χ3v) is 6.04. The highest BCUT2D eigenvalue weighted by Crippen LogP contribution is 2.39. The van der Waals surface area contributed by atoms with E-state index in [9.17, 15) is 17.7 Å². The van der Waals surface area contributed by atoms with Crippen molar-refractivity contribution in [3.05, 3.63) is 41.6 Å². The zero-order valence-corrected chi connectivity index (χ0v) is 17.0. The molecule has 0 amide bonds. The molecule has 0 radical (unpaired) electrons. The number of para-hydroxylation sites is 1. The van der Waals surface area contributed by atoms with Crippen molar-refractivity contribution < 1.29 is 27.2 Å². The largest absolute Gasteiger partial charge is 0.489 e. The standard InChI is InChI=1S/C19H18F3N4O3P/c1-30(2,27)12-8-13-16-23-9-11-4-3-5-14(19(20,21)22)15(11)28-6-7-29-18(25-16)26-17(13)24-10-12/h3-5,8,10H,6-7,9H2,1-2H3,(H,23,24,25,26). The fourth-order valence-corrected chi connectivity index (χ4v) is 3.82. The number of hydrogen-bond acceptors (Lipinski definition) is 7. The number of pyridine rings is 1. The molecule has 1 aliphatic heterocycles. The number of anilines is 1. The zero-order valence-electron chi connectivity index (χ0n) is 16.2. The van der Waals surface area contributed by atoms with Gasteiger partial charge in [0.1, 0.15) is 31.9 Å². The highest BCUT2D eigenvalue weighted by atomic mass is 31.2. The molecule has 0 fully saturated rings. The van der Waals surface area contributed by atoms with E-state index in [-0.39, 0.29) is 31.5 Å². The summed E-state index contributed by atoms with van der Waals surface area (Å²) in [5, 5.41) is 4.07. The average Bonchev–Trinajstić information content (AvgIpc) is 2.70. The van der Waals surface area contributed by atoms with Gasteiger partial charge in [-0.3, -0.25) is 0 Å². The second-order valence-electron chi connectivity index (χ2n) is 7.11. The molecule has 1 aliphatic rings. The Kier molecular flexibility index (Phi) is 5.05. The summed E-state index contributed by atoms with van der Waals surface area (Å²) in [6.45, 7) is 3.10. The lowest BCUT2D eigenvalue weighted by atomic mass is 10.1. The highest BCUT2D eigenvalue weighted by Gasteiger charge is 2.35. The first-order chi connectivity index (χ1) is 14.1. The second-order valence-corrected chi connectivity index (χ2v) is 10.3. The van der Waals surface area contributed by atoms with Gasteiger partial charge in [0, 0.05) is 23.6 Å². The Bertz CT molecular complexity index is 1160. The van der Waals surface area contributed by atoms with Crippen molar-refractivity contribution in [2.75, 3.05) is 31.9 Å². The molecule has 0 atom stereocenters. The number of alkyl halides is 3. The van der Waals surface area contributed by atoms with Crippen LogP contribution in [0.1, 0.15) is 11.1 Å².